The van der Waals surface area contributed by atoms with Gasteiger partial charge in [0.05, 0.1) is 5.92 Å². The zero-order valence-corrected chi connectivity index (χ0v) is 19.6. The molecule has 1 aromatic rings. The molecule has 1 fully saturated rings. The van der Waals surface area contributed by atoms with Crippen LogP contribution in [0.15, 0.2) is 24.3 Å². The fraction of sp³-hybridized carbons (Fsp3) is 0.625. The zero-order chi connectivity index (χ0) is 23.2. The monoisotopic (exact) mass is 432 g/mol. The van der Waals surface area contributed by atoms with Crippen molar-refractivity contribution in [2.75, 3.05) is 18.4 Å². The standard InChI is InChI=1S/C24H36N2O5/c1-7-16(2)19-10-8-9-11-20(19)25-21(27)17(3)30-22(28)18-12-14-26(15-13-18)23(29)31-24(4,5)6/h8-11,16-18H,7,12-15H2,1-6H3,(H,25,27)/t16-,17-/m0/s1. The number of hydrogen-bond acceptors (Lipinski definition) is 5. The number of carbonyl (C=O) groups is 3. The van der Waals surface area contributed by atoms with Gasteiger partial charge in [-0.2, -0.15) is 0 Å². The maximum Gasteiger partial charge on any atom is 0.410 e. The number of anilines is 1. The SMILES string of the molecule is CC[C@H](C)c1ccccc1NC(=O)[C@H](C)OC(=O)C1CCN(C(=O)OC(C)(C)C)CC1. The molecule has 1 aliphatic heterocycles. The molecule has 0 unspecified atom stereocenters. The largest absolute Gasteiger partial charge is 0.452 e. The van der Waals surface area contributed by atoms with E-state index in [1.807, 2.05) is 45.0 Å². The van der Waals surface area contributed by atoms with E-state index in [9.17, 15) is 14.4 Å². The van der Waals surface area contributed by atoms with Gasteiger partial charge in [0.1, 0.15) is 5.60 Å². The van der Waals surface area contributed by atoms with Crippen molar-refractivity contribution >= 4 is 23.7 Å². The molecule has 0 aromatic heterocycles. The van der Waals surface area contributed by atoms with Crippen molar-refractivity contribution in [1.29, 1.82) is 0 Å². The van der Waals surface area contributed by atoms with E-state index < -0.39 is 17.7 Å². The van der Waals surface area contributed by atoms with Crippen molar-refractivity contribution in [2.45, 2.75) is 78.4 Å². The van der Waals surface area contributed by atoms with Crippen LogP contribution in [0.3, 0.4) is 0 Å². The Morgan fingerprint density at radius 1 is 1.13 bits per heavy atom. The number of benzene rings is 1. The molecule has 0 spiro atoms. The molecular formula is C24H36N2O5. The molecule has 2 rings (SSSR count). The minimum Gasteiger partial charge on any atom is -0.452 e. The highest BCUT2D eigenvalue weighted by Gasteiger charge is 2.32. The van der Waals surface area contributed by atoms with E-state index in [-0.39, 0.29) is 17.9 Å². The van der Waals surface area contributed by atoms with Gasteiger partial charge in [-0.25, -0.2) is 4.79 Å². The van der Waals surface area contributed by atoms with Crippen LogP contribution in [0.4, 0.5) is 10.5 Å². The second-order valence-corrected chi connectivity index (χ2v) is 9.21. The number of piperidine rings is 1. The Hall–Kier alpha value is -2.57. The van der Waals surface area contributed by atoms with Crippen molar-refractivity contribution in [3.8, 4) is 0 Å². The second-order valence-electron chi connectivity index (χ2n) is 9.21. The lowest BCUT2D eigenvalue weighted by Crippen LogP contribution is -2.43. The highest BCUT2D eigenvalue weighted by atomic mass is 16.6. The van der Waals surface area contributed by atoms with E-state index in [1.54, 1.807) is 11.8 Å². The number of carbonyl (C=O) groups excluding carboxylic acids is 3. The third-order valence-corrected chi connectivity index (χ3v) is 5.50. The first-order valence-corrected chi connectivity index (χ1v) is 11.1. The first-order valence-electron chi connectivity index (χ1n) is 11.1. The number of nitrogens with one attached hydrogen (secondary N) is 1. The van der Waals surface area contributed by atoms with E-state index in [4.69, 9.17) is 9.47 Å². The summed E-state index contributed by atoms with van der Waals surface area (Å²) in [6.07, 6.45) is 0.666. The average molecular weight is 433 g/mol. The lowest BCUT2D eigenvalue weighted by atomic mass is 9.96. The number of rotatable bonds is 6. The molecule has 31 heavy (non-hydrogen) atoms. The lowest BCUT2D eigenvalue weighted by Gasteiger charge is -2.32. The van der Waals surface area contributed by atoms with Gasteiger partial charge in [0.25, 0.3) is 5.91 Å². The summed E-state index contributed by atoms with van der Waals surface area (Å²) in [6, 6.07) is 7.68. The molecule has 172 valence electrons. The Morgan fingerprint density at radius 3 is 2.32 bits per heavy atom. The van der Waals surface area contributed by atoms with Gasteiger partial charge in [0.15, 0.2) is 6.10 Å². The van der Waals surface area contributed by atoms with Gasteiger partial charge in [-0.3, -0.25) is 9.59 Å². The van der Waals surface area contributed by atoms with Gasteiger partial charge >= 0.3 is 12.1 Å². The molecule has 0 bridgehead atoms. The van der Waals surface area contributed by atoms with Crippen molar-refractivity contribution in [1.82, 2.24) is 4.90 Å². The van der Waals surface area contributed by atoms with Crippen molar-refractivity contribution in [2.24, 2.45) is 5.92 Å². The van der Waals surface area contributed by atoms with Crippen molar-refractivity contribution in [3.05, 3.63) is 29.8 Å². The lowest BCUT2D eigenvalue weighted by molar-refractivity contribution is -0.158. The van der Waals surface area contributed by atoms with Crippen molar-refractivity contribution in [3.63, 3.8) is 0 Å². The van der Waals surface area contributed by atoms with Crippen LogP contribution in [0.2, 0.25) is 0 Å². The molecule has 1 saturated heterocycles. The van der Waals surface area contributed by atoms with Crippen molar-refractivity contribution < 1.29 is 23.9 Å². The summed E-state index contributed by atoms with van der Waals surface area (Å²) in [6.45, 7) is 12.1. The highest BCUT2D eigenvalue weighted by Crippen LogP contribution is 2.27. The summed E-state index contributed by atoms with van der Waals surface area (Å²) in [7, 11) is 0. The fourth-order valence-electron chi connectivity index (χ4n) is 3.44. The molecule has 0 saturated carbocycles. The average Bonchev–Trinajstić information content (AvgIpc) is 2.72. The molecule has 0 radical (unpaired) electrons. The molecule has 7 nitrogen and oxygen atoms in total. The van der Waals surface area contributed by atoms with Gasteiger partial charge in [-0.1, -0.05) is 32.0 Å². The second kappa shape index (κ2) is 10.6. The predicted molar refractivity (Wildman–Crippen MR) is 120 cm³/mol. The molecule has 2 amide bonds. The number of esters is 1. The quantitative estimate of drug-likeness (QED) is 0.658. The summed E-state index contributed by atoms with van der Waals surface area (Å²) >= 11 is 0. The third kappa shape index (κ3) is 7.26. The summed E-state index contributed by atoms with van der Waals surface area (Å²) in [5, 5.41) is 2.89. The summed E-state index contributed by atoms with van der Waals surface area (Å²) in [4.78, 5) is 38.9. The minimum absolute atomic E-state index is 0.310. The van der Waals surface area contributed by atoms with Gasteiger partial charge < -0.3 is 19.7 Å². The van der Waals surface area contributed by atoms with E-state index in [0.717, 1.165) is 17.7 Å². The Bertz CT molecular complexity index is 778. The highest BCUT2D eigenvalue weighted by molar-refractivity contribution is 5.95. The number of amides is 2. The first kappa shape index (κ1) is 24.7. The van der Waals surface area contributed by atoms with E-state index in [1.165, 1.54) is 0 Å². The Morgan fingerprint density at radius 2 is 1.74 bits per heavy atom. The molecule has 1 N–H and O–H groups in total. The molecule has 2 atom stereocenters. The predicted octanol–water partition coefficient (Wildman–Crippen LogP) is 4.72. The zero-order valence-electron chi connectivity index (χ0n) is 19.6. The number of para-hydroxylation sites is 1. The van der Waals surface area contributed by atoms with Gasteiger partial charge in [0.2, 0.25) is 0 Å². The van der Waals surface area contributed by atoms with Crippen LogP contribution in [-0.4, -0.2) is 47.7 Å². The molecule has 1 heterocycles. The van der Waals surface area contributed by atoms with Crippen LogP contribution >= 0.6 is 0 Å². The number of nitrogens with zero attached hydrogens (tertiary/aromatic N) is 1. The van der Waals surface area contributed by atoms with Crippen LogP contribution in [0, 0.1) is 5.92 Å². The number of ether oxygens (including phenoxy) is 2. The van der Waals surface area contributed by atoms with E-state index in [0.29, 0.717) is 31.8 Å². The van der Waals surface area contributed by atoms with Crippen LogP contribution in [0.1, 0.15) is 72.3 Å². The maximum absolute atomic E-state index is 12.6. The van der Waals surface area contributed by atoms with Gasteiger partial charge in [-0.05, 0) is 64.5 Å². The number of likely N-dealkylation sites (tertiary alicyclic amines) is 1. The third-order valence-electron chi connectivity index (χ3n) is 5.50. The van der Waals surface area contributed by atoms with Gasteiger partial charge in [0, 0.05) is 18.8 Å². The smallest absolute Gasteiger partial charge is 0.410 e. The Labute approximate surface area is 185 Å². The summed E-state index contributed by atoms with van der Waals surface area (Å²) in [5.74, 6) is -0.775. The topological polar surface area (TPSA) is 84.9 Å². The number of hydrogen-bond donors (Lipinski definition) is 1. The summed E-state index contributed by atoms with van der Waals surface area (Å²) < 4.78 is 10.8. The normalized spacial score (nSPS) is 16.9. The molecule has 7 heteroatoms. The molecule has 1 aromatic carbocycles. The first-order chi connectivity index (χ1) is 14.5. The van der Waals surface area contributed by atoms with E-state index in [2.05, 4.69) is 19.2 Å². The van der Waals surface area contributed by atoms with Crippen LogP contribution in [0.5, 0.6) is 0 Å². The molecular weight excluding hydrogens is 396 g/mol. The molecule has 0 aliphatic carbocycles. The van der Waals surface area contributed by atoms with Crippen LogP contribution in [0.25, 0.3) is 0 Å². The molecule has 1 aliphatic rings. The maximum atomic E-state index is 12.6. The summed E-state index contributed by atoms with van der Waals surface area (Å²) in [5.41, 5.74) is 1.25. The Balaban J connectivity index is 1.86. The Kier molecular flexibility index (Phi) is 8.48. The van der Waals surface area contributed by atoms with Crippen LogP contribution < -0.4 is 5.32 Å². The van der Waals surface area contributed by atoms with Gasteiger partial charge in [-0.15, -0.1) is 0 Å². The fourth-order valence-corrected chi connectivity index (χ4v) is 3.44. The van der Waals surface area contributed by atoms with E-state index >= 15 is 0 Å². The van der Waals surface area contributed by atoms with Crippen LogP contribution in [-0.2, 0) is 19.1 Å². The minimum atomic E-state index is -0.902.